The lowest BCUT2D eigenvalue weighted by atomic mass is 10.1. The number of aromatic nitrogens is 2. The molecule has 0 fully saturated rings. The summed E-state index contributed by atoms with van der Waals surface area (Å²) in [5.74, 6) is -0.0807. The highest BCUT2D eigenvalue weighted by atomic mass is 35.5. The molecule has 0 aliphatic carbocycles. The van der Waals surface area contributed by atoms with Crippen LogP contribution in [0.15, 0.2) is 65.3 Å². The lowest BCUT2D eigenvalue weighted by Crippen LogP contribution is -2.09. The topological polar surface area (TPSA) is 68.0 Å². The predicted octanol–water partition coefficient (Wildman–Crippen LogP) is 4.04. The molecule has 1 N–H and O–H groups in total. The van der Waals surface area contributed by atoms with Crippen molar-refractivity contribution < 1.29 is 9.42 Å². The molecular formula is C17H12ClN3O2. The Kier molecular flexibility index (Phi) is 4.49. The number of carbonyl (C=O) groups is 1. The third kappa shape index (κ3) is 3.64. The number of nitrogens with zero attached hydrogens (tertiary/aromatic N) is 2. The summed E-state index contributed by atoms with van der Waals surface area (Å²) in [4.78, 5) is 12.0. The molecule has 0 aliphatic heterocycles. The van der Waals surface area contributed by atoms with Gasteiger partial charge in [-0.1, -0.05) is 60.1 Å². The van der Waals surface area contributed by atoms with Crippen molar-refractivity contribution in [2.45, 2.75) is 0 Å². The number of anilines is 1. The third-order valence-electron chi connectivity index (χ3n) is 3.10. The van der Waals surface area contributed by atoms with Crippen molar-refractivity contribution in [1.29, 1.82) is 0 Å². The third-order valence-corrected chi connectivity index (χ3v) is 3.44. The molecule has 0 bridgehead atoms. The lowest BCUT2D eigenvalue weighted by molar-refractivity contribution is -0.111. The average molecular weight is 326 g/mol. The van der Waals surface area contributed by atoms with E-state index in [1.165, 1.54) is 6.08 Å². The first-order chi connectivity index (χ1) is 11.2. The molecule has 23 heavy (non-hydrogen) atoms. The molecule has 1 aromatic heterocycles. The Hall–Kier alpha value is -2.92. The fourth-order valence-electron chi connectivity index (χ4n) is 1.99. The number of halogens is 1. The Morgan fingerprint density at radius 1 is 1.04 bits per heavy atom. The molecule has 3 aromatic rings. The maximum absolute atomic E-state index is 12.0. The summed E-state index contributed by atoms with van der Waals surface area (Å²) in [7, 11) is 0. The van der Waals surface area contributed by atoms with E-state index in [4.69, 9.17) is 16.2 Å². The van der Waals surface area contributed by atoms with Crippen molar-refractivity contribution in [1.82, 2.24) is 10.3 Å². The van der Waals surface area contributed by atoms with Crippen LogP contribution in [0.5, 0.6) is 0 Å². The molecule has 0 aliphatic rings. The van der Waals surface area contributed by atoms with Crippen LogP contribution in [-0.4, -0.2) is 16.2 Å². The van der Waals surface area contributed by atoms with Crippen LogP contribution in [0, 0.1) is 0 Å². The van der Waals surface area contributed by atoms with Crippen LogP contribution in [0.4, 0.5) is 5.82 Å². The number of amides is 1. The van der Waals surface area contributed by atoms with E-state index in [1.807, 2.05) is 48.5 Å². The van der Waals surface area contributed by atoms with Crippen molar-refractivity contribution >= 4 is 29.4 Å². The van der Waals surface area contributed by atoms with Gasteiger partial charge >= 0.3 is 0 Å². The van der Waals surface area contributed by atoms with Gasteiger partial charge in [-0.2, -0.15) is 0 Å². The zero-order valence-corrected chi connectivity index (χ0v) is 12.7. The highest BCUT2D eigenvalue weighted by molar-refractivity contribution is 6.32. The highest BCUT2D eigenvalue weighted by Crippen LogP contribution is 2.23. The minimum absolute atomic E-state index is 0.269. The summed E-state index contributed by atoms with van der Waals surface area (Å²) in [6, 6.07) is 16.6. The second-order valence-electron chi connectivity index (χ2n) is 4.67. The van der Waals surface area contributed by atoms with Gasteiger partial charge in [0, 0.05) is 16.7 Å². The molecule has 0 spiro atoms. The molecule has 6 heteroatoms. The van der Waals surface area contributed by atoms with E-state index < -0.39 is 0 Å². The normalized spacial score (nSPS) is 10.8. The van der Waals surface area contributed by atoms with E-state index >= 15 is 0 Å². The van der Waals surface area contributed by atoms with E-state index in [1.54, 1.807) is 12.1 Å². The summed E-state index contributed by atoms with van der Waals surface area (Å²) >= 11 is 6.04. The minimum atomic E-state index is -0.349. The van der Waals surface area contributed by atoms with Crippen LogP contribution >= 0.6 is 11.6 Å². The van der Waals surface area contributed by atoms with Crippen LogP contribution in [0.2, 0.25) is 5.02 Å². The number of rotatable bonds is 4. The van der Waals surface area contributed by atoms with Crippen LogP contribution < -0.4 is 5.32 Å². The number of hydrogen-bond donors (Lipinski definition) is 1. The van der Waals surface area contributed by atoms with E-state index in [0.29, 0.717) is 10.7 Å². The molecule has 2 aromatic carbocycles. The van der Waals surface area contributed by atoms with E-state index in [-0.39, 0.29) is 11.7 Å². The Bertz CT molecular complexity index is 844. The highest BCUT2D eigenvalue weighted by Gasteiger charge is 2.13. The molecule has 5 nitrogen and oxygen atoms in total. The summed E-state index contributed by atoms with van der Waals surface area (Å²) < 4.78 is 4.72. The number of benzene rings is 2. The molecule has 1 amide bonds. The second kappa shape index (κ2) is 6.89. The van der Waals surface area contributed by atoms with Gasteiger partial charge in [0.05, 0.1) is 0 Å². The van der Waals surface area contributed by atoms with Gasteiger partial charge in [-0.3, -0.25) is 4.79 Å². The molecule has 3 rings (SSSR count). The zero-order valence-electron chi connectivity index (χ0n) is 11.9. The van der Waals surface area contributed by atoms with Gasteiger partial charge in [0.1, 0.15) is 0 Å². The molecule has 114 valence electrons. The van der Waals surface area contributed by atoms with Crippen molar-refractivity contribution in [3.8, 4) is 11.3 Å². The van der Waals surface area contributed by atoms with Crippen LogP contribution in [0.3, 0.4) is 0 Å². The van der Waals surface area contributed by atoms with Gasteiger partial charge in [-0.05, 0) is 28.0 Å². The molecule has 0 radical (unpaired) electrons. The summed E-state index contributed by atoms with van der Waals surface area (Å²) in [5.41, 5.74) is 2.04. The molecule has 1 heterocycles. The van der Waals surface area contributed by atoms with E-state index in [2.05, 4.69) is 15.6 Å². The van der Waals surface area contributed by atoms with E-state index in [0.717, 1.165) is 11.1 Å². The first-order valence-corrected chi connectivity index (χ1v) is 7.23. The molecular weight excluding hydrogens is 314 g/mol. The SMILES string of the molecule is O=C(/C=C/c1ccccc1Cl)Nc1nonc1-c1ccccc1. The standard InChI is InChI=1S/C17H12ClN3O2/c18-14-9-5-4-6-12(14)10-11-15(22)19-17-16(20-23-21-17)13-7-2-1-3-8-13/h1-11H,(H,19,21,22)/b11-10+. The molecule has 0 saturated heterocycles. The van der Waals surface area contributed by atoms with Gasteiger partial charge in [0.15, 0.2) is 5.69 Å². The number of nitrogens with one attached hydrogen (secondary N) is 1. The molecule has 0 saturated carbocycles. The fraction of sp³-hybridized carbons (Fsp3) is 0. The van der Waals surface area contributed by atoms with Crippen LogP contribution in [0.25, 0.3) is 17.3 Å². The van der Waals surface area contributed by atoms with Crippen molar-refractivity contribution in [3.63, 3.8) is 0 Å². The average Bonchev–Trinajstić information content (AvgIpc) is 3.03. The monoisotopic (exact) mass is 325 g/mol. The first-order valence-electron chi connectivity index (χ1n) is 6.85. The predicted molar refractivity (Wildman–Crippen MR) is 88.8 cm³/mol. The second-order valence-corrected chi connectivity index (χ2v) is 5.08. The quantitative estimate of drug-likeness (QED) is 0.735. The Morgan fingerprint density at radius 2 is 1.78 bits per heavy atom. The van der Waals surface area contributed by atoms with Gasteiger partial charge < -0.3 is 5.32 Å². The largest absolute Gasteiger partial charge is 0.302 e. The first kappa shape index (κ1) is 15.0. The Labute approximate surface area is 137 Å². The Morgan fingerprint density at radius 3 is 2.57 bits per heavy atom. The number of carbonyl (C=O) groups excluding carboxylic acids is 1. The summed E-state index contributed by atoms with van der Waals surface area (Å²) in [6.07, 6.45) is 3.01. The van der Waals surface area contributed by atoms with Crippen molar-refractivity contribution in [3.05, 3.63) is 71.3 Å². The van der Waals surface area contributed by atoms with Gasteiger partial charge in [0.2, 0.25) is 11.7 Å². The summed E-state index contributed by atoms with van der Waals surface area (Å²) in [5, 5.41) is 10.8. The summed E-state index contributed by atoms with van der Waals surface area (Å²) in [6.45, 7) is 0. The van der Waals surface area contributed by atoms with Crippen molar-refractivity contribution in [2.24, 2.45) is 0 Å². The maximum Gasteiger partial charge on any atom is 0.249 e. The molecule has 0 unspecified atom stereocenters. The van der Waals surface area contributed by atoms with Gasteiger partial charge in [-0.25, -0.2) is 4.63 Å². The molecule has 0 atom stereocenters. The maximum atomic E-state index is 12.0. The van der Waals surface area contributed by atoms with Crippen molar-refractivity contribution in [2.75, 3.05) is 5.32 Å². The lowest BCUT2D eigenvalue weighted by Gasteiger charge is -2.00. The van der Waals surface area contributed by atoms with Gasteiger partial charge in [-0.15, -0.1) is 0 Å². The smallest absolute Gasteiger partial charge is 0.249 e. The van der Waals surface area contributed by atoms with E-state index in [9.17, 15) is 4.79 Å². The fourth-order valence-corrected chi connectivity index (χ4v) is 2.19. The van der Waals surface area contributed by atoms with Gasteiger partial charge in [0.25, 0.3) is 0 Å². The minimum Gasteiger partial charge on any atom is -0.302 e. The zero-order chi connectivity index (χ0) is 16.1. The number of hydrogen-bond acceptors (Lipinski definition) is 4. The Balaban J connectivity index is 1.75. The van der Waals surface area contributed by atoms with Crippen LogP contribution in [0.1, 0.15) is 5.56 Å². The van der Waals surface area contributed by atoms with Crippen LogP contribution in [-0.2, 0) is 4.79 Å².